The number of nitro benzene ring substituents is 1. The number of nitro groups is 1. The molecule has 130 valence electrons. The van der Waals surface area contributed by atoms with Crippen molar-refractivity contribution in [3.05, 3.63) is 64.0 Å². The number of non-ortho nitro benzene ring substituents is 1. The van der Waals surface area contributed by atoms with Crippen LogP contribution in [-0.4, -0.2) is 34.9 Å². The molecular weight excluding hydrogens is 328 g/mol. The zero-order valence-corrected chi connectivity index (χ0v) is 13.3. The fraction of sp³-hybridized carbons (Fsp3) is 0.188. The van der Waals surface area contributed by atoms with Crippen LogP contribution < -0.4 is 15.8 Å². The van der Waals surface area contributed by atoms with Crippen molar-refractivity contribution in [2.75, 3.05) is 7.11 Å². The maximum atomic E-state index is 12.2. The Kier molecular flexibility index (Phi) is 5.62. The molecular formula is C16H16N4O5. The number of primary amides is 1. The molecule has 2 rings (SSSR count). The largest absolute Gasteiger partial charge is 0.496 e. The highest BCUT2D eigenvalue weighted by molar-refractivity contribution is 5.97. The number of nitrogens with one attached hydrogen (secondary N) is 1. The first kappa shape index (κ1) is 17.9. The molecule has 9 nitrogen and oxygen atoms in total. The summed E-state index contributed by atoms with van der Waals surface area (Å²) in [5.74, 6) is -0.915. The van der Waals surface area contributed by atoms with Crippen molar-refractivity contribution >= 4 is 17.5 Å². The van der Waals surface area contributed by atoms with Gasteiger partial charge >= 0.3 is 0 Å². The number of aromatic nitrogens is 1. The van der Waals surface area contributed by atoms with Gasteiger partial charge in [-0.15, -0.1) is 0 Å². The summed E-state index contributed by atoms with van der Waals surface area (Å²) < 4.78 is 5.15. The maximum absolute atomic E-state index is 12.2. The molecule has 0 spiro atoms. The fourth-order valence-electron chi connectivity index (χ4n) is 2.23. The first-order valence-corrected chi connectivity index (χ1v) is 7.24. The smallest absolute Gasteiger partial charge is 0.269 e. The van der Waals surface area contributed by atoms with Gasteiger partial charge in [0.15, 0.2) is 0 Å². The lowest BCUT2D eigenvalue weighted by Gasteiger charge is -2.17. The van der Waals surface area contributed by atoms with Crippen molar-refractivity contribution in [1.82, 2.24) is 10.3 Å². The average Bonchev–Trinajstić information content (AvgIpc) is 2.61. The van der Waals surface area contributed by atoms with E-state index in [1.165, 1.54) is 49.8 Å². The molecule has 1 heterocycles. The van der Waals surface area contributed by atoms with E-state index < -0.39 is 22.8 Å². The average molecular weight is 344 g/mol. The van der Waals surface area contributed by atoms with Crippen LogP contribution in [-0.2, 0) is 11.2 Å². The molecule has 25 heavy (non-hydrogen) atoms. The highest BCUT2D eigenvalue weighted by Crippen LogP contribution is 2.25. The molecule has 2 amide bonds. The third kappa shape index (κ3) is 4.50. The van der Waals surface area contributed by atoms with Crippen LogP contribution in [0.1, 0.15) is 15.9 Å². The second-order valence-electron chi connectivity index (χ2n) is 5.12. The highest BCUT2D eigenvalue weighted by atomic mass is 16.6. The molecule has 0 saturated carbocycles. The van der Waals surface area contributed by atoms with Gasteiger partial charge in [0, 0.05) is 42.1 Å². The van der Waals surface area contributed by atoms with Crippen LogP contribution in [0, 0.1) is 10.1 Å². The number of nitrogens with zero attached hydrogens (tertiary/aromatic N) is 2. The number of carbonyl (C=O) groups excluding carboxylic acids is 2. The van der Waals surface area contributed by atoms with Gasteiger partial charge < -0.3 is 15.8 Å². The van der Waals surface area contributed by atoms with Crippen LogP contribution in [0.2, 0.25) is 0 Å². The molecule has 3 N–H and O–H groups in total. The molecule has 0 aliphatic carbocycles. The third-order valence-corrected chi connectivity index (χ3v) is 3.49. The molecule has 0 saturated heterocycles. The van der Waals surface area contributed by atoms with E-state index in [1.54, 1.807) is 0 Å². The van der Waals surface area contributed by atoms with Crippen LogP contribution in [0.15, 0.2) is 42.7 Å². The van der Waals surface area contributed by atoms with Crippen LogP contribution >= 0.6 is 0 Å². The van der Waals surface area contributed by atoms with Crippen LogP contribution in [0.5, 0.6) is 5.75 Å². The Morgan fingerprint density at radius 2 is 2.00 bits per heavy atom. The van der Waals surface area contributed by atoms with E-state index >= 15 is 0 Å². The van der Waals surface area contributed by atoms with Crippen LogP contribution in [0.4, 0.5) is 5.69 Å². The summed E-state index contributed by atoms with van der Waals surface area (Å²) in [6.45, 7) is 0. The van der Waals surface area contributed by atoms with E-state index in [9.17, 15) is 19.7 Å². The SMILES string of the molecule is COc1ccc([N+](=O)[O-])cc1C[C@H](NC(=O)c1ccncc1)C(N)=O. The molecule has 0 aliphatic rings. The zero-order chi connectivity index (χ0) is 18.4. The number of ether oxygens (including phenoxy) is 1. The maximum Gasteiger partial charge on any atom is 0.269 e. The fourth-order valence-corrected chi connectivity index (χ4v) is 2.23. The molecule has 0 radical (unpaired) electrons. The Morgan fingerprint density at radius 1 is 1.32 bits per heavy atom. The summed E-state index contributed by atoms with van der Waals surface area (Å²) in [5, 5.41) is 13.4. The summed E-state index contributed by atoms with van der Waals surface area (Å²) >= 11 is 0. The second-order valence-corrected chi connectivity index (χ2v) is 5.12. The van der Waals surface area contributed by atoms with E-state index in [4.69, 9.17) is 10.5 Å². The minimum absolute atomic E-state index is 0.0446. The van der Waals surface area contributed by atoms with E-state index in [2.05, 4.69) is 10.3 Å². The van der Waals surface area contributed by atoms with Gasteiger partial charge in [-0.1, -0.05) is 0 Å². The van der Waals surface area contributed by atoms with Crippen molar-refractivity contribution in [2.45, 2.75) is 12.5 Å². The predicted octanol–water partition coefficient (Wildman–Crippen LogP) is 0.825. The van der Waals surface area contributed by atoms with Gasteiger partial charge in [0.25, 0.3) is 11.6 Å². The van der Waals surface area contributed by atoms with Gasteiger partial charge in [0.2, 0.25) is 5.91 Å². The highest BCUT2D eigenvalue weighted by Gasteiger charge is 2.22. The number of methoxy groups -OCH3 is 1. The van der Waals surface area contributed by atoms with Gasteiger partial charge in [-0.2, -0.15) is 0 Å². The summed E-state index contributed by atoms with van der Waals surface area (Å²) in [7, 11) is 1.40. The lowest BCUT2D eigenvalue weighted by atomic mass is 10.0. The molecule has 1 atom stereocenters. The molecule has 0 bridgehead atoms. The van der Waals surface area contributed by atoms with Crippen LogP contribution in [0.25, 0.3) is 0 Å². The van der Waals surface area contributed by atoms with Gasteiger partial charge in [-0.05, 0) is 18.2 Å². The summed E-state index contributed by atoms with van der Waals surface area (Å²) in [6.07, 6.45) is 2.84. The Hall–Kier alpha value is -3.49. The molecule has 1 aromatic carbocycles. The quantitative estimate of drug-likeness (QED) is 0.563. The molecule has 0 fully saturated rings. The summed E-state index contributed by atoms with van der Waals surface area (Å²) in [4.78, 5) is 38.1. The monoisotopic (exact) mass is 344 g/mol. The van der Waals surface area contributed by atoms with Crippen molar-refractivity contribution < 1.29 is 19.2 Å². The van der Waals surface area contributed by atoms with Crippen molar-refractivity contribution in [3.8, 4) is 5.75 Å². The summed E-state index contributed by atoms with van der Waals surface area (Å²) in [5.41, 5.74) is 5.90. The van der Waals surface area contributed by atoms with Gasteiger partial charge in [0.1, 0.15) is 11.8 Å². The number of hydrogen-bond acceptors (Lipinski definition) is 6. The molecule has 9 heteroatoms. The van der Waals surface area contributed by atoms with Crippen molar-refractivity contribution in [3.63, 3.8) is 0 Å². The zero-order valence-electron chi connectivity index (χ0n) is 13.3. The van der Waals surface area contributed by atoms with E-state index in [0.717, 1.165) is 0 Å². The lowest BCUT2D eigenvalue weighted by Crippen LogP contribution is -2.45. The molecule has 2 aromatic rings. The molecule has 0 aliphatic heterocycles. The van der Waals surface area contributed by atoms with Gasteiger partial charge in [-0.3, -0.25) is 24.7 Å². The van der Waals surface area contributed by atoms with E-state index in [-0.39, 0.29) is 12.1 Å². The Balaban J connectivity index is 2.24. The van der Waals surface area contributed by atoms with Crippen molar-refractivity contribution in [1.29, 1.82) is 0 Å². The Morgan fingerprint density at radius 3 is 2.56 bits per heavy atom. The number of hydrogen-bond donors (Lipinski definition) is 2. The molecule has 1 aromatic heterocycles. The Bertz CT molecular complexity index is 794. The summed E-state index contributed by atoms with van der Waals surface area (Å²) in [6, 6.07) is 5.92. The van der Waals surface area contributed by atoms with Gasteiger partial charge in [0.05, 0.1) is 12.0 Å². The number of pyridine rings is 1. The standard InChI is InChI=1S/C16H16N4O5/c1-25-14-3-2-12(20(23)24)8-11(14)9-13(15(17)21)19-16(22)10-4-6-18-7-5-10/h2-8,13H,9H2,1H3,(H2,17,21)(H,19,22)/t13-/m0/s1. The minimum atomic E-state index is -1.06. The number of benzene rings is 1. The first-order valence-electron chi connectivity index (χ1n) is 7.24. The third-order valence-electron chi connectivity index (χ3n) is 3.49. The number of carbonyl (C=O) groups is 2. The number of amides is 2. The predicted molar refractivity (Wildman–Crippen MR) is 88.0 cm³/mol. The van der Waals surface area contributed by atoms with Gasteiger partial charge in [-0.25, -0.2) is 0 Å². The molecule has 0 unspecified atom stereocenters. The van der Waals surface area contributed by atoms with E-state index in [1.807, 2.05) is 0 Å². The lowest BCUT2D eigenvalue weighted by molar-refractivity contribution is -0.384. The first-order chi connectivity index (χ1) is 11.9. The minimum Gasteiger partial charge on any atom is -0.496 e. The number of rotatable bonds is 7. The second kappa shape index (κ2) is 7.86. The topological polar surface area (TPSA) is 137 Å². The normalized spacial score (nSPS) is 11.4. The van der Waals surface area contributed by atoms with E-state index in [0.29, 0.717) is 16.9 Å². The number of nitrogens with two attached hydrogens (primary N) is 1. The van der Waals surface area contributed by atoms with Crippen LogP contribution in [0.3, 0.4) is 0 Å². The Labute approximate surface area is 143 Å². The van der Waals surface area contributed by atoms with Crippen molar-refractivity contribution in [2.24, 2.45) is 5.73 Å².